The van der Waals surface area contributed by atoms with E-state index in [0.717, 1.165) is 22.9 Å². The molecule has 2 unspecified atom stereocenters. The number of likely N-dealkylation sites (tertiary alicyclic amines) is 1. The third kappa shape index (κ3) is 3.78. The first kappa shape index (κ1) is 21.0. The molecule has 0 saturated carbocycles. The maximum atomic E-state index is 13.1. The minimum absolute atomic E-state index is 0.0620. The average Bonchev–Trinajstić information content (AvgIpc) is 3.41. The molecule has 0 bridgehead atoms. The summed E-state index contributed by atoms with van der Waals surface area (Å²) in [5, 5.41) is 11.2. The molecule has 5 rings (SSSR count). The van der Waals surface area contributed by atoms with Gasteiger partial charge in [0.15, 0.2) is 11.5 Å². The zero-order valence-electron chi connectivity index (χ0n) is 17.3. The van der Waals surface area contributed by atoms with Crippen molar-refractivity contribution in [2.75, 3.05) is 26.4 Å². The maximum Gasteiger partial charge on any atom is 0.295 e. The summed E-state index contributed by atoms with van der Waals surface area (Å²) in [6, 6.07) is 11.7. The number of aliphatic hydroxyl groups is 1. The number of halogens is 1. The molecule has 0 aliphatic carbocycles. The highest BCUT2D eigenvalue weighted by Crippen LogP contribution is 2.41. The SMILES string of the molecule is O=C1C(=O)N(CC2CCCO2)C(c2ccc(Br)cc2)/C1=C(\O)c1ccc2c(c1)OCCO2. The van der Waals surface area contributed by atoms with Crippen LogP contribution in [0.1, 0.15) is 30.0 Å². The molecule has 2 fully saturated rings. The summed E-state index contributed by atoms with van der Waals surface area (Å²) in [6.07, 6.45) is 1.63. The Morgan fingerprint density at radius 1 is 1.03 bits per heavy atom. The molecule has 3 aliphatic rings. The largest absolute Gasteiger partial charge is 0.507 e. The van der Waals surface area contributed by atoms with E-state index in [4.69, 9.17) is 14.2 Å². The second kappa shape index (κ2) is 8.60. The summed E-state index contributed by atoms with van der Waals surface area (Å²) in [5.41, 5.74) is 1.20. The Bertz CT molecular complexity index is 1090. The molecule has 7 nitrogen and oxygen atoms in total. The lowest BCUT2D eigenvalue weighted by molar-refractivity contribution is -0.140. The van der Waals surface area contributed by atoms with Crippen LogP contribution in [0.25, 0.3) is 5.76 Å². The van der Waals surface area contributed by atoms with E-state index in [1.807, 2.05) is 24.3 Å². The zero-order valence-corrected chi connectivity index (χ0v) is 18.8. The van der Waals surface area contributed by atoms with Crippen LogP contribution in [0.2, 0.25) is 0 Å². The van der Waals surface area contributed by atoms with Gasteiger partial charge in [-0.1, -0.05) is 28.1 Å². The number of rotatable bonds is 4. The summed E-state index contributed by atoms with van der Waals surface area (Å²) < 4.78 is 17.8. The highest BCUT2D eigenvalue weighted by atomic mass is 79.9. The second-order valence-corrected chi connectivity index (χ2v) is 8.91. The van der Waals surface area contributed by atoms with E-state index in [1.54, 1.807) is 18.2 Å². The topological polar surface area (TPSA) is 85.3 Å². The third-order valence-electron chi connectivity index (χ3n) is 5.97. The van der Waals surface area contributed by atoms with Crippen LogP contribution in [0.15, 0.2) is 52.5 Å². The number of carbonyl (C=O) groups is 2. The summed E-state index contributed by atoms with van der Waals surface area (Å²) in [6.45, 7) is 1.80. The van der Waals surface area contributed by atoms with Crippen LogP contribution >= 0.6 is 15.9 Å². The van der Waals surface area contributed by atoms with Gasteiger partial charge in [-0.05, 0) is 48.7 Å². The Hall–Kier alpha value is -2.84. The molecule has 1 N–H and O–H groups in total. The molecular formula is C24H22BrNO6. The van der Waals surface area contributed by atoms with Gasteiger partial charge >= 0.3 is 0 Å². The van der Waals surface area contributed by atoms with Gasteiger partial charge in [0.1, 0.15) is 19.0 Å². The molecule has 2 atom stereocenters. The van der Waals surface area contributed by atoms with Gasteiger partial charge < -0.3 is 24.2 Å². The molecule has 32 heavy (non-hydrogen) atoms. The molecule has 1 amide bonds. The number of amides is 1. The summed E-state index contributed by atoms with van der Waals surface area (Å²) in [4.78, 5) is 27.7. The van der Waals surface area contributed by atoms with Crippen molar-refractivity contribution in [3.8, 4) is 11.5 Å². The van der Waals surface area contributed by atoms with Gasteiger partial charge in [-0.2, -0.15) is 0 Å². The predicted molar refractivity (Wildman–Crippen MR) is 120 cm³/mol. The Balaban J connectivity index is 1.60. The van der Waals surface area contributed by atoms with E-state index in [1.165, 1.54) is 4.90 Å². The van der Waals surface area contributed by atoms with Crippen molar-refractivity contribution in [2.24, 2.45) is 0 Å². The van der Waals surface area contributed by atoms with Gasteiger partial charge in [-0.15, -0.1) is 0 Å². The van der Waals surface area contributed by atoms with Gasteiger partial charge in [-0.25, -0.2) is 0 Å². The van der Waals surface area contributed by atoms with Crippen LogP contribution in [0.5, 0.6) is 11.5 Å². The normalized spacial score (nSPS) is 24.2. The first-order valence-corrected chi connectivity index (χ1v) is 11.4. The zero-order chi connectivity index (χ0) is 22.2. The Labute approximate surface area is 193 Å². The van der Waals surface area contributed by atoms with E-state index in [2.05, 4.69) is 15.9 Å². The van der Waals surface area contributed by atoms with Crippen molar-refractivity contribution in [1.82, 2.24) is 4.90 Å². The smallest absolute Gasteiger partial charge is 0.295 e. The maximum absolute atomic E-state index is 13.1. The molecule has 0 aromatic heterocycles. The van der Waals surface area contributed by atoms with Crippen LogP contribution in [0, 0.1) is 0 Å². The fourth-order valence-corrected chi connectivity index (χ4v) is 4.68. The number of aliphatic hydroxyl groups excluding tert-OH is 1. The fraction of sp³-hybridized carbons (Fsp3) is 0.333. The molecule has 166 valence electrons. The minimum Gasteiger partial charge on any atom is -0.507 e. The molecule has 3 aliphatic heterocycles. The molecular weight excluding hydrogens is 478 g/mol. The standard InChI is InChI=1S/C24H22BrNO6/c25-16-6-3-14(4-7-16)21-20(23(28)24(29)26(21)13-17-2-1-9-30-17)22(27)15-5-8-18-19(12-15)32-11-10-31-18/h3-8,12,17,21,27H,1-2,9-11,13H2/b22-20+. The van der Waals surface area contributed by atoms with Crippen LogP contribution in [0.3, 0.4) is 0 Å². The van der Waals surface area contributed by atoms with Gasteiger partial charge in [0.25, 0.3) is 11.7 Å². The number of hydrogen-bond donors (Lipinski definition) is 1. The molecule has 0 spiro atoms. The molecule has 8 heteroatoms. The van der Waals surface area contributed by atoms with Crippen LogP contribution in [-0.4, -0.2) is 54.2 Å². The summed E-state index contributed by atoms with van der Waals surface area (Å²) in [5.74, 6) is -0.496. The molecule has 2 aromatic rings. The average molecular weight is 500 g/mol. The van der Waals surface area contributed by atoms with Gasteiger partial charge in [0.2, 0.25) is 0 Å². The second-order valence-electron chi connectivity index (χ2n) is 8.00. The number of Topliss-reactive ketones (excluding diaryl/α,β-unsaturated/α-hetero) is 1. The van der Waals surface area contributed by atoms with Crippen molar-refractivity contribution in [3.63, 3.8) is 0 Å². The van der Waals surface area contributed by atoms with E-state index in [0.29, 0.717) is 43.4 Å². The van der Waals surface area contributed by atoms with Gasteiger partial charge in [0, 0.05) is 23.2 Å². The van der Waals surface area contributed by atoms with Crippen molar-refractivity contribution in [3.05, 3.63) is 63.6 Å². The minimum atomic E-state index is -0.708. The fourth-order valence-electron chi connectivity index (χ4n) is 4.41. The quantitative estimate of drug-likeness (QED) is 0.391. The number of nitrogens with zero attached hydrogens (tertiary/aromatic N) is 1. The molecule has 0 radical (unpaired) electrons. The lowest BCUT2D eigenvalue weighted by atomic mass is 9.95. The Morgan fingerprint density at radius 3 is 2.50 bits per heavy atom. The summed E-state index contributed by atoms with van der Waals surface area (Å²) in [7, 11) is 0. The van der Waals surface area contributed by atoms with Gasteiger partial charge in [0.05, 0.1) is 17.7 Å². The number of ketones is 1. The monoisotopic (exact) mass is 499 g/mol. The predicted octanol–water partition coefficient (Wildman–Crippen LogP) is 3.82. The highest BCUT2D eigenvalue weighted by Gasteiger charge is 2.47. The van der Waals surface area contributed by atoms with Crippen molar-refractivity contribution in [1.29, 1.82) is 0 Å². The third-order valence-corrected chi connectivity index (χ3v) is 6.49. The van der Waals surface area contributed by atoms with Crippen molar-refractivity contribution in [2.45, 2.75) is 25.0 Å². The molecule has 2 saturated heterocycles. The van der Waals surface area contributed by atoms with Crippen molar-refractivity contribution < 1.29 is 28.9 Å². The Kier molecular flexibility index (Phi) is 5.65. The lowest BCUT2D eigenvalue weighted by Gasteiger charge is -2.27. The molecule has 2 aromatic carbocycles. The van der Waals surface area contributed by atoms with E-state index in [9.17, 15) is 14.7 Å². The highest BCUT2D eigenvalue weighted by molar-refractivity contribution is 9.10. The van der Waals surface area contributed by atoms with Crippen LogP contribution < -0.4 is 9.47 Å². The summed E-state index contributed by atoms with van der Waals surface area (Å²) >= 11 is 3.42. The van der Waals surface area contributed by atoms with E-state index in [-0.39, 0.29) is 17.4 Å². The van der Waals surface area contributed by atoms with Gasteiger partial charge in [-0.3, -0.25) is 9.59 Å². The number of benzene rings is 2. The van der Waals surface area contributed by atoms with E-state index >= 15 is 0 Å². The van der Waals surface area contributed by atoms with Crippen LogP contribution in [-0.2, 0) is 14.3 Å². The number of ether oxygens (including phenoxy) is 3. The number of carbonyl (C=O) groups excluding carboxylic acids is 2. The van der Waals surface area contributed by atoms with Crippen LogP contribution in [0.4, 0.5) is 0 Å². The first-order valence-electron chi connectivity index (χ1n) is 10.6. The Morgan fingerprint density at radius 2 is 1.78 bits per heavy atom. The lowest BCUT2D eigenvalue weighted by Crippen LogP contribution is -2.36. The number of hydrogen-bond acceptors (Lipinski definition) is 6. The van der Waals surface area contributed by atoms with Crippen molar-refractivity contribution >= 4 is 33.4 Å². The first-order chi connectivity index (χ1) is 15.5. The molecule has 3 heterocycles. The van der Waals surface area contributed by atoms with E-state index < -0.39 is 17.7 Å². The number of fused-ring (bicyclic) bond motifs is 1.